The fourth-order valence-corrected chi connectivity index (χ4v) is 3.64. The van der Waals surface area contributed by atoms with Crippen molar-refractivity contribution in [1.82, 2.24) is 0 Å². The van der Waals surface area contributed by atoms with Crippen LogP contribution in [-0.2, 0) is 11.3 Å². The fourth-order valence-electron chi connectivity index (χ4n) is 3.64. The number of hydrogen-bond acceptors (Lipinski definition) is 3. The first-order chi connectivity index (χ1) is 17.3. The average molecular weight is 527 g/mol. The van der Waals surface area contributed by atoms with Gasteiger partial charge in [0.05, 0.1) is 5.71 Å². The van der Waals surface area contributed by atoms with Crippen LogP contribution < -0.4 is 0 Å². The molecule has 0 spiro atoms. The third-order valence-corrected chi connectivity index (χ3v) is 5.61. The van der Waals surface area contributed by atoms with Crippen molar-refractivity contribution in [3.05, 3.63) is 119 Å². The Kier molecular flexibility index (Phi) is 7.85. The Morgan fingerprint density at radius 1 is 0.811 bits per heavy atom. The maximum absolute atomic E-state index is 14.1. The Balaban J connectivity index is 2.18. The first kappa shape index (κ1) is 27.6. The van der Waals surface area contributed by atoms with Crippen molar-refractivity contribution >= 4 is 11.7 Å². The highest BCUT2D eigenvalue weighted by atomic mass is 19.4. The van der Waals surface area contributed by atoms with Crippen LogP contribution in [0.4, 0.5) is 35.1 Å². The molecule has 0 saturated carbocycles. The highest BCUT2D eigenvalue weighted by Crippen LogP contribution is 2.43. The highest BCUT2D eigenvalue weighted by molar-refractivity contribution is 6.06. The van der Waals surface area contributed by atoms with Crippen LogP contribution in [-0.4, -0.2) is 17.9 Å². The van der Waals surface area contributed by atoms with E-state index in [2.05, 4.69) is 16.6 Å². The molecule has 3 aromatic carbocycles. The van der Waals surface area contributed by atoms with E-state index in [1.807, 2.05) is 0 Å². The number of alkyl halides is 3. The van der Waals surface area contributed by atoms with Gasteiger partial charge in [-0.15, -0.1) is 0 Å². The molecular formula is C26H17F8NO2. The molecule has 0 aliphatic heterocycles. The monoisotopic (exact) mass is 527 g/mol. The van der Waals surface area contributed by atoms with Gasteiger partial charge in [0.1, 0.15) is 5.56 Å². The van der Waals surface area contributed by atoms with E-state index < -0.39 is 63.5 Å². The van der Waals surface area contributed by atoms with Crippen LogP contribution >= 0.6 is 0 Å². The quantitative estimate of drug-likeness (QED) is 0.0615. The maximum atomic E-state index is 14.1. The molecule has 0 amide bonds. The molecule has 0 N–H and O–H groups in total. The van der Waals surface area contributed by atoms with E-state index in [1.165, 1.54) is 42.5 Å². The second kappa shape index (κ2) is 10.5. The van der Waals surface area contributed by atoms with E-state index in [0.717, 1.165) is 6.92 Å². The highest BCUT2D eigenvalue weighted by Gasteiger charge is 2.48. The van der Waals surface area contributed by atoms with Crippen molar-refractivity contribution in [3.8, 4) is 0 Å². The van der Waals surface area contributed by atoms with Gasteiger partial charge in [-0.2, -0.15) is 13.2 Å². The van der Waals surface area contributed by atoms with E-state index in [4.69, 9.17) is 0 Å². The summed E-state index contributed by atoms with van der Waals surface area (Å²) in [4.78, 5) is 16.9. The topological polar surface area (TPSA) is 38.7 Å². The number of carbonyl (C=O) groups excluding carboxylic acids is 1. The summed E-state index contributed by atoms with van der Waals surface area (Å²) in [7, 11) is 0. The lowest BCUT2D eigenvalue weighted by Crippen LogP contribution is -2.39. The number of oxime groups is 1. The molecule has 1 atom stereocenters. The van der Waals surface area contributed by atoms with Crippen molar-refractivity contribution in [2.45, 2.75) is 19.5 Å². The second-order valence-electron chi connectivity index (χ2n) is 8.10. The number of rotatable bonds is 7. The van der Waals surface area contributed by atoms with Gasteiger partial charge in [-0.1, -0.05) is 72.4 Å². The SMILES string of the molecule is C=C(C(F)(F)F)C(C)(Cc1ccccc1)/C(=N/OC(=O)c1c(F)c(F)c(F)c(F)c1F)c1ccccc1. The molecule has 0 aromatic heterocycles. The molecule has 37 heavy (non-hydrogen) atoms. The fraction of sp³-hybridized carbons (Fsp3) is 0.154. The lowest BCUT2D eigenvalue weighted by Gasteiger charge is -2.34. The third-order valence-electron chi connectivity index (χ3n) is 5.61. The van der Waals surface area contributed by atoms with Gasteiger partial charge >= 0.3 is 12.1 Å². The van der Waals surface area contributed by atoms with Gasteiger partial charge in [-0.05, 0) is 18.9 Å². The van der Waals surface area contributed by atoms with Crippen LogP contribution in [0.15, 0.2) is 78.0 Å². The Labute approximate surface area is 205 Å². The van der Waals surface area contributed by atoms with Crippen molar-refractivity contribution in [1.29, 1.82) is 0 Å². The predicted octanol–water partition coefficient (Wildman–Crippen LogP) is 7.31. The van der Waals surface area contributed by atoms with Gasteiger partial charge in [-0.3, -0.25) is 0 Å². The summed E-state index contributed by atoms with van der Waals surface area (Å²) >= 11 is 0. The molecule has 0 aliphatic carbocycles. The molecule has 0 heterocycles. The number of carbonyl (C=O) groups is 1. The van der Waals surface area contributed by atoms with Crippen LogP contribution in [0.1, 0.15) is 28.4 Å². The Morgan fingerprint density at radius 2 is 1.27 bits per heavy atom. The zero-order chi connectivity index (χ0) is 27.5. The molecule has 194 valence electrons. The van der Waals surface area contributed by atoms with E-state index in [1.54, 1.807) is 18.2 Å². The largest absolute Gasteiger partial charge is 0.413 e. The Bertz CT molecular complexity index is 1330. The van der Waals surface area contributed by atoms with Crippen molar-refractivity contribution < 1.29 is 44.8 Å². The van der Waals surface area contributed by atoms with Gasteiger partial charge in [0, 0.05) is 16.6 Å². The smallest absolute Gasteiger partial charge is 0.312 e. The third kappa shape index (κ3) is 5.55. The number of benzene rings is 3. The molecule has 0 bridgehead atoms. The molecular weight excluding hydrogens is 510 g/mol. The van der Waals surface area contributed by atoms with E-state index in [0.29, 0.717) is 5.56 Å². The summed E-state index contributed by atoms with van der Waals surface area (Å²) in [6, 6.07) is 14.9. The normalized spacial score (nSPS) is 13.7. The Hall–Kier alpha value is -4.02. The van der Waals surface area contributed by atoms with Crippen LogP contribution in [0.5, 0.6) is 0 Å². The molecule has 3 nitrogen and oxygen atoms in total. The number of halogens is 8. The molecule has 11 heteroatoms. The molecule has 1 unspecified atom stereocenters. The maximum Gasteiger partial charge on any atom is 0.413 e. The lowest BCUT2D eigenvalue weighted by molar-refractivity contribution is -0.101. The molecule has 0 fully saturated rings. The molecule has 3 rings (SSSR count). The summed E-state index contributed by atoms with van der Waals surface area (Å²) in [5, 5.41) is 3.47. The summed E-state index contributed by atoms with van der Waals surface area (Å²) in [5.41, 5.74) is -5.47. The summed E-state index contributed by atoms with van der Waals surface area (Å²) in [6.45, 7) is 4.30. The van der Waals surface area contributed by atoms with E-state index in [-0.39, 0.29) is 12.0 Å². The van der Waals surface area contributed by atoms with Crippen molar-refractivity contribution in [3.63, 3.8) is 0 Å². The first-order valence-corrected chi connectivity index (χ1v) is 10.5. The van der Waals surface area contributed by atoms with Gasteiger partial charge in [0.15, 0.2) is 23.3 Å². The van der Waals surface area contributed by atoms with Gasteiger partial charge in [-0.25, -0.2) is 26.7 Å². The average Bonchev–Trinajstić information content (AvgIpc) is 2.86. The predicted molar refractivity (Wildman–Crippen MR) is 118 cm³/mol. The van der Waals surface area contributed by atoms with Gasteiger partial charge in [0.25, 0.3) is 0 Å². The van der Waals surface area contributed by atoms with Crippen LogP contribution in [0, 0.1) is 34.5 Å². The van der Waals surface area contributed by atoms with E-state index >= 15 is 0 Å². The molecule has 0 saturated heterocycles. The van der Waals surface area contributed by atoms with Crippen molar-refractivity contribution in [2.75, 3.05) is 0 Å². The van der Waals surface area contributed by atoms with Gasteiger partial charge in [0.2, 0.25) is 5.82 Å². The number of nitrogens with zero attached hydrogens (tertiary/aromatic N) is 1. The molecule has 0 radical (unpaired) electrons. The van der Waals surface area contributed by atoms with Crippen LogP contribution in [0.25, 0.3) is 0 Å². The van der Waals surface area contributed by atoms with Crippen LogP contribution in [0.2, 0.25) is 0 Å². The minimum atomic E-state index is -4.95. The van der Waals surface area contributed by atoms with Crippen molar-refractivity contribution in [2.24, 2.45) is 10.6 Å². The number of allylic oxidation sites excluding steroid dienone is 1. The van der Waals surface area contributed by atoms with Crippen LogP contribution in [0.3, 0.4) is 0 Å². The van der Waals surface area contributed by atoms with Gasteiger partial charge < -0.3 is 4.84 Å². The molecule has 0 aliphatic rings. The first-order valence-electron chi connectivity index (χ1n) is 10.5. The minimum absolute atomic E-state index is 0.0107. The second-order valence-corrected chi connectivity index (χ2v) is 8.10. The lowest BCUT2D eigenvalue weighted by atomic mass is 9.71. The minimum Gasteiger partial charge on any atom is -0.312 e. The van der Waals surface area contributed by atoms with E-state index in [9.17, 15) is 39.9 Å². The zero-order valence-corrected chi connectivity index (χ0v) is 19.0. The summed E-state index contributed by atoms with van der Waals surface area (Å²) in [5.74, 6) is -14.4. The Morgan fingerprint density at radius 3 is 1.76 bits per heavy atom. The molecule has 3 aromatic rings. The summed E-state index contributed by atoms with van der Waals surface area (Å²) < 4.78 is 110. The summed E-state index contributed by atoms with van der Waals surface area (Å²) in [6.07, 6.45) is -5.31. The zero-order valence-electron chi connectivity index (χ0n) is 19.0. The standard InChI is InChI=1S/C26H17F8NO2/c1-14(26(32,33)34)25(2,13-15-9-5-3-6-10-15)23(16-11-7-4-8-12-16)35-37-24(36)17-18(27)20(29)22(31)21(30)19(17)28/h3-12H,1,13H2,2H3/b35-23+. The number of hydrogen-bond donors (Lipinski definition) is 0.